The summed E-state index contributed by atoms with van der Waals surface area (Å²) in [6.45, 7) is 1.03. The smallest absolute Gasteiger partial charge is 0.144 e. The van der Waals surface area contributed by atoms with E-state index in [9.17, 15) is 0 Å². The molecule has 0 spiro atoms. The summed E-state index contributed by atoms with van der Waals surface area (Å²) in [5, 5.41) is 12.0. The van der Waals surface area contributed by atoms with E-state index >= 15 is 0 Å². The number of methoxy groups -OCH3 is 1. The zero-order valence-electron chi connectivity index (χ0n) is 11.2. The van der Waals surface area contributed by atoms with E-state index in [1.54, 1.807) is 25.4 Å². The number of nitrogens with zero attached hydrogens (tertiary/aromatic N) is 2. The van der Waals surface area contributed by atoms with Gasteiger partial charge in [0.2, 0.25) is 0 Å². The van der Waals surface area contributed by atoms with Crippen molar-refractivity contribution >= 4 is 5.82 Å². The second-order valence-electron chi connectivity index (χ2n) is 3.97. The van der Waals surface area contributed by atoms with Gasteiger partial charge in [-0.15, -0.1) is 0 Å². The van der Waals surface area contributed by atoms with Crippen LogP contribution in [-0.2, 0) is 0 Å². The fourth-order valence-corrected chi connectivity index (χ4v) is 1.67. The second kappa shape index (κ2) is 7.00. The zero-order valence-corrected chi connectivity index (χ0v) is 11.2. The Hall–Kier alpha value is -2.74. The Morgan fingerprint density at radius 2 is 2.10 bits per heavy atom. The summed E-state index contributed by atoms with van der Waals surface area (Å²) in [7, 11) is 1.62. The lowest BCUT2D eigenvalue weighted by Crippen LogP contribution is -2.13. The lowest BCUT2D eigenvalue weighted by atomic mass is 10.3. The van der Waals surface area contributed by atoms with Gasteiger partial charge in [-0.1, -0.05) is 6.07 Å². The van der Waals surface area contributed by atoms with E-state index in [0.29, 0.717) is 24.5 Å². The summed E-state index contributed by atoms with van der Waals surface area (Å²) in [5.74, 6) is 2.07. The topological polar surface area (TPSA) is 67.2 Å². The lowest BCUT2D eigenvalue weighted by Gasteiger charge is -2.09. The number of ether oxygens (including phenoxy) is 2. The van der Waals surface area contributed by atoms with E-state index in [2.05, 4.69) is 16.4 Å². The Balaban J connectivity index is 1.83. The second-order valence-corrected chi connectivity index (χ2v) is 3.97. The van der Waals surface area contributed by atoms with E-state index in [1.165, 1.54) is 0 Å². The standard InChI is InChI=1S/C15H15N3O2/c1-19-13-5-2-6-14(10-13)20-9-8-18-15-12(11-16)4-3-7-17-15/h2-7,10H,8-9H2,1H3,(H,17,18). The molecular weight excluding hydrogens is 254 g/mol. The Kier molecular flexibility index (Phi) is 4.79. The van der Waals surface area contributed by atoms with Crippen LogP contribution in [0.5, 0.6) is 11.5 Å². The van der Waals surface area contributed by atoms with Crippen molar-refractivity contribution < 1.29 is 9.47 Å². The van der Waals surface area contributed by atoms with Crippen molar-refractivity contribution in [2.45, 2.75) is 0 Å². The van der Waals surface area contributed by atoms with Gasteiger partial charge in [0.25, 0.3) is 0 Å². The van der Waals surface area contributed by atoms with Crippen LogP contribution in [0.25, 0.3) is 0 Å². The molecule has 0 saturated carbocycles. The highest BCUT2D eigenvalue weighted by molar-refractivity contribution is 5.51. The molecule has 1 N–H and O–H groups in total. The van der Waals surface area contributed by atoms with Gasteiger partial charge in [0, 0.05) is 12.3 Å². The minimum absolute atomic E-state index is 0.467. The number of hydrogen-bond donors (Lipinski definition) is 1. The third kappa shape index (κ3) is 3.62. The molecule has 0 radical (unpaired) electrons. The Bertz CT molecular complexity index is 608. The summed E-state index contributed by atoms with van der Waals surface area (Å²) in [4.78, 5) is 4.11. The van der Waals surface area contributed by atoms with Gasteiger partial charge in [0.1, 0.15) is 30.0 Å². The highest BCUT2D eigenvalue weighted by atomic mass is 16.5. The third-order valence-electron chi connectivity index (χ3n) is 2.63. The van der Waals surface area contributed by atoms with Crippen molar-refractivity contribution in [2.75, 3.05) is 25.6 Å². The molecule has 0 unspecified atom stereocenters. The first-order valence-corrected chi connectivity index (χ1v) is 6.19. The summed E-state index contributed by atoms with van der Waals surface area (Å²) >= 11 is 0. The van der Waals surface area contributed by atoms with Crippen molar-refractivity contribution in [3.63, 3.8) is 0 Å². The minimum atomic E-state index is 0.467. The molecule has 1 heterocycles. The summed E-state index contributed by atoms with van der Waals surface area (Å²) in [5.41, 5.74) is 0.522. The summed E-state index contributed by atoms with van der Waals surface area (Å²) in [6, 6.07) is 13.0. The molecule has 102 valence electrons. The third-order valence-corrected chi connectivity index (χ3v) is 2.63. The molecule has 0 aliphatic heterocycles. The zero-order chi connectivity index (χ0) is 14.2. The molecule has 0 saturated heterocycles. The Labute approximate surface area is 117 Å². The number of anilines is 1. The molecule has 1 aromatic heterocycles. The highest BCUT2D eigenvalue weighted by Crippen LogP contribution is 2.18. The highest BCUT2D eigenvalue weighted by Gasteiger charge is 2.01. The summed E-state index contributed by atoms with van der Waals surface area (Å²) in [6.07, 6.45) is 1.64. The van der Waals surface area contributed by atoms with Gasteiger partial charge in [0.15, 0.2) is 0 Å². The maximum absolute atomic E-state index is 8.94. The molecule has 0 aliphatic carbocycles. The van der Waals surface area contributed by atoms with E-state index in [0.717, 1.165) is 11.5 Å². The lowest BCUT2D eigenvalue weighted by molar-refractivity contribution is 0.329. The van der Waals surface area contributed by atoms with Crippen LogP contribution in [0.1, 0.15) is 5.56 Å². The number of nitrogens with one attached hydrogen (secondary N) is 1. The minimum Gasteiger partial charge on any atom is -0.497 e. The molecule has 5 heteroatoms. The van der Waals surface area contributed by atoms with Crippen LogP contribution in [-0.4, -0.2) is 25.2 Å². The van der Waals surface area contributed by atoms with E-state index < -0.39 is 0 Å². The van der Waals surface area contributed by atoms with Gasteiger partial charge >= 0.3 is 0 Å². The largest absolute Gasteiger partial charge is 0.497 e. The van der Waals surface area contributed by atoms with Crippen LogP contribution in [0.15, 0.2) is 42.6 Å². The van der Waals surface area contributed by atoms with Crippen LogP contribution in [0.4, 0.5) is 5.82 Å². The van der Waals surface area contributed by atoms with Gasteiger partial charge in [-0.25, -0.2) is 4.98 Å². The molecule has 0 atom stereocenters. The first-order valence-electron chi connectivity index (χ1n) is 6.19. The van der Waals surface area contributed by atoms with Gasteiger partial charge in [0.05, 0.1) is 19.2 Å². The number of rotatable bonds is 6. The molecular formula is C15H15N3O2. The molecule has 0 amide bonds. The predicted octanol–water partition coefficient (Wildman–Crippen LogP) is 2.45. The van der Waals surface area contributed by atoms with Crippen LogP contribution in [0.3, 0.4) is 0 Å². The van der Waals surface area contributed by atoms with Crippen LogP contribution < -0.4 is 14.8 Å². The van der Waals surface area contributed by atoms with E-state index in [4.69, 9.17) is 14.7 Å². The Morgan fingerprint density at radius 3 is 2.90 bits per heavy atom. The average Bonchev–Trinajstić information content (AvgIpc) is 2.52. The molecule has 0 fully saturated rings. The van der Waals surface area contributed by atoms with Gasteiger partial charge < -0.3 is 14.8 Å². The van der Waals surface area contributed by atoms with Crippen LogP contribution >= 0.6 is 0 Å². The molecule has 20 heavy (non-hydrogen) atoms. The molecule has 2 aromatic rings. The molecule has 5 nitrogen and oxygen atoms in total. The number of hydrogen-bond acceptors (Lipinski definition) is 5. The molecule has 1 aromatic carbocycles. The number of nitriles is 1. The molecule has 2 rings (SSSR count). The fraction of sp³-hybridized carbons (Fsp3) is 0.200. The fourth-order valence-electron chi connectivity index (χ4n) is 1.67. The quantitative estimate of drug-likeness (QED) is 0.816. The summed E-state index contributed by atoms with van der Waals surface area (Å²) < 4.78 is 10.7. The van der Waals surface area contributed by atoms with Crippen molar-refractivity contribution in [1.82, 2.24) is 4.98 Å². The Morgan fingerprint density at radius 1 is 1.25 bits per heavy atom. The number of benzene rings is 1. The van der Waals surface area contributed by atoms with Gasteiger partial charge in [-0.2, -0.15) is 5.26 Å². The van der Waals surface area contributed by atoms with Crippen LogP contribution in [0, 0.1) is 11.3 Å². The van der Waals surface area contributed by atoms with Crippen LogP contribution in [0.2, 0.25) is 0 Å². The van der Waals surface area contributed by atoms with Crippen molar-refractivity contribution in [1.29, 1.82) is 5.26 Å². The maximum atomic E-state index is 8.94. The SMILES string of the molecule is COc1cccc(OCCNc2ncccc2C#N)c1. The molecule has 0 aliphatic rings. The predicted molar refractivity (Wildman–Crippen MR) is 75.9 cm³/mol. The van der Waals surface area contributed by atoms with E-state index in [1.807, 2.05) is 24.3 Å². The van der Waals surface area contributed by atoms with Crippen molar-refractivity contribution in [3.8, 4) is 17.6 Å². The normalized spacial score (nSPS) is 9.60. The maximum Gasteiger partial charge on any atom is 0.144 e. The molecule has 0 bridgehead atoms. The first kappa shape index (κ1) is 13.7. The van der Waals surface area contributed by atoms with Gasteiger partial charge in [-0.05, 0) is 24.3 Å². The average molecular weight is 269 g/mol. The van der Waals surface area contributed by atoms with Crippen molar-refractivity contribution in [2.24, 2.45) is 0 Å². The first-order chi connectivity index (χ1) is 9.83. The van der Waals surface area contributed by atoms with Gasteiger partial charge in [-0.3, -0.25) is 0 Å². The number of aromatic nitrogens is 1. The van der Waals surface area contributed by atoms with E-state index in [-0.39, 0.29) is 0 Å². The number of pyridine rings is 1. The van der Waals surface area contributed by atoms with Crippen molar-refractivity contribution in [3.05, 3.63) is 48.2 Å². The monoisotopic (exact) mass is 269 g/mol.